The Morgan fingerprint density at radius 1 is 0.900 bits per heavy atom. The minimum Gasteiger partial charge on any atom is -0.494 e. The van der Waals surface area contributed by atoms with Crippen molar-refractivity contribution >= 4 is 40.4 Å². The number of halogens is 2. The average molecular weight is 975 g/mol. The number of aliphatic hydroxyl groups is 1. The molecule has 4 aromatic rings. The van der Waals surface area contributed by atoms with Crippen molar-refractivity contribution in [2.24, 2.45) is 11.8 Å². The van der Waals surface area contributed by atoms with Crippen LogP contribution in [0.2, 0.25) is 0 Å². The molecular formula is C52H72F2N8O8. The third-order valence-electron chi connectivity index (χ3n) is 14.4. The highest BCUT2D eigenvalue weighted by Gasteiger charge is 2.40. The summed E-state index contributed by atoms with van der Waals surface area (Å²) in [4.78, 5) is 55.7. The highest BCUT2D eigenvalue weighted by molar-refractivity contribution is 5.96. The maximum atomic E-state index is 15.0. The molecule has 4 amide bonds. The fourth-order valence-electron chi connectivity index (χ4n) is 10.9. The molecule has 18 heteroatoms. The number of benzene rings is 1. The number of piperidine rings is 2. The smallest absolute Gasteiger partial charge is 0.408 e. The summed E-state index contributed by atoms with van der Waals surface area (Å²) in [5.74, 6) is 1.15. The van der Waals surface area contributed by atoms with Crippen LogP contribution in [0.5, 0.6) is 5.75 Å². The van der Waals surface area contributed by atoms with Gasteiger partial charge in [-0.1, -0.05) is 18.2 Å². The molecule has 5 aliphatic rings. The van der Waals surface area contributed by atoms with Crippen molar-refractivity contribution in [3.63, 3.8) is 0 Å². The second-order valence-corrected chi connectivity index (χ2v) is 22.2. The van der Waals surface area contributed by atoms with E-state index in [1.54, 1.807) is 44.7 Å². The number of alkyl carbamates (subject to hydrolysis) is 1. The van der Waals surface area contributed by atoms with Crippen molar-refractivity contribution in [2.75, 3.05) is 46.4 Å². The van der Waals surface area contributed by atoms with Gasteiger partial charge in [-0.05, 0) is 111 Å². The van der Waals surface area contributed by atoms with E-state index < -0.39 is 41.7 Å². The number of nitrogens with one attached hydrogen (secondary N) is 2. The number of rotatable bonds is 9. The van der Waals surface area contributed by atoms with E-state index in [4.69, 9.17) is 19.7 Å². The molecular weight excluding hydrogens is 903 g/mol. The van der Waals surface area contributed by atoms with Crippen molar-refractivity contribution in [1.82, 2.24) is 39.5 Å². The predicted octanol–water partition coefficient (Wildman–Crippen LogP) is 7.70. The van der Waals surface area contributed by atoms with Gasteiger partial charge in [0.05, 0.1) is 48.6 Å². The van der Waals surface area contributed by atoms with Gasteiger partial charge in [0.2, 0.25) is 5.91 Å². The summed E-state index contributed by atoms with van der Waals surface area (Å²) in [7, 11) is 1.57. The summed E-state index contributed by atoms with van der Waals surface area (Å²) < 4.78 is 43.5. The van der Waals surface area contributed by atoms with Gasteiger partial charge >= 0.3 is 12.2 Å². The number of carbonyl (C=O) groups is 4. The van der Waals surface area contributed by atoms with E-state index >= 15 is 4.39 Å². The van der Waals surface area contributed by atoms with Gasteiger partial charge in [-0.3, -0.25) is 14.5 Å². The van der Waals surface area contributed by atoms with Gasteiger partial charge in [0.1, 0.15) is 34.9 Å². The van der Waals surface area contributed by atoms with Crippen molar-refractivity contribution in [3.05, 3.63) is 53.2 Å². The molecule has 2 aliphatic carbocycles. The van der Waals surface area contributed by atoms with Crippen molar-refractivity contribution < 1.29 is 47.6 Å². The maximum absolute atomic E-state index is 15.0. The Bertz CT molecular complexity index is 2570. The number of ether oxygens (including phenoxy) is 2. The second kappa shape index (κ2) is 20.3. The van der Waals surface area contributed by atoms with Gasteiger partial charge in [-0.25, -0.2) is 22.9 Å². The number of hydrogen-bond donors (Lipinski definition) is 4. The van der Waals surface area contributed by atoms with Gasteiger partial charge in [-0.2, -0.15) is 5.10 Å². The van der Waals surface area contributed by atoms with E-state index in [0.29, 0.717) is 56.3 Å². The summed E-state index contributed by atoms with van der Waals surface area (Å²) in [6, 6.07) is 9.47. The fourth-order valence-corrected chi connectivity index (χ4v) is 10.9. The Kier molecular flexibility index (Phi) is 14.8. The summed E-state index contributed by atoms with van der Waals surface area (Å²) in [6.45, 7) is 15.9. The first-order valence-electron chi connectivity index (χ1n) is 25.0. The zero-order valence-corrected chi connectivity index (χ0v) is 42.0. The van der Waals surface area contributed by atoms with Gasteiger partial charge < -0.3 is 44.7 Å². The third kappa shape index (κ3) is 11.3. The molecule has 5 fully saturated rings. The molecule has 4 atom stereocenters. The lowest BCUT2D eigenvalue weighted by Gasteiger charge is -2.42. The van der Waals surface area contributed by atoms with Crippen LogP contribution < -0.4 is 15.4 Å². The Balaban J connectivity index is 0.000000377. The molecule has 3 saturated heterocycles. The number of methoxy groups -OCH3 is 1. The number of nitrogens with zero attached hydrogens (tertiary/aromatic N) is 6. The SMILES string of the molecule is CC(C)(C)N(C(=O)O)[C@H]1CNC[C@H](F)C1.COc1cc(C(=O)N2C[C@H](F)C[C@@H](NC(=O)OC(C)(C)C)C2)cn2nc(-c3cc4cccc(C5CN(C(=O)C6CCC(O)CC6)C5)c4n3CC3CC3)c(C)c12. The van der Waals surface area contributed by atoms with Gasteiger partial charge in [0, 0.05) is 86.6 Å². The number of carbonyl (C=O) groups excluding carboxylic acids is 3. The summed E-state index contributed by atoms with van der Waals surface area (Å²) in [5, 5.41) is 30.9. The number of likely N-dealkylation sites (tertiary alicyclic amines) is 2. The van der Waals surface area contributed by atoms with Crippen LogP contribution in [-0.4, -0.2) is 151 Å². The second-order valence-electron chi connectivity index (χ2n) is 22.2. The van der Waals surface area contributed by atoms with Gasteiger partial charge in [0.25, 0.3) is 5.91 Å². The van der Waals surface area contributed by atoms with E-state index in [1.807, 2.05) is 32.6 Å². The minimum absolute atomic E-state index is 0.00912. The topological polar surface area (TPSA) is 183 Å². The van der Waals surface area contributed by atoms with E-state index in [-0.39, 0.29) is 61.7 Å². The Hall–Kier alpha value is -5.49. The molecule has 9 rings (SSSR count). The molecule has 382 valence electrons. The van der Waals surface area contributed by atoms with Crippen LogP contribution >= 0.6 is 0 Å². The van der Waals surface area contributed by atoms with E-state index in [9.17, 15) is 28.7 Å². The summed E-state index contributed by atoms with van der Waals surface area (Å²) in [6.07, 6.45) is 3.16. The number of fused-ring (bicyclic) bond motifs is 2. The van der Waals surface area contributed by atoms with Crippen LogP contribution in [0.4, 0.5) is 18.4 Å². The number of para-hydroxylation sites is 1. The third-order valence-corrected chi connectivity index (χ3v) is 14.4. The van der Waals surface area contributed by atoms with Crippen LogP contribution in [-0.2, 0) is 16.1 Å². The highest BCUT2D eigenvalue weighted by atomic mass is 19.1. The highest BCUT2D eigenvalue weighted by Crippen LogP contribution is 2.42. The van der Waals surface area contributed by atoms with Crippen LogP contribution in [0.1, 0.15) is 120 Å². The van der Waals surface area contributed by atoms with Gasteiger partial charge in [0.15, 0.2) is 0 Å². The van der Waals surface area contributed by atoms with Crippen molar-refractivity contribution in [2.45, 2.75) is 154 Å². The average Bonchev–Trinajstić information content (AvgIpc) is 3.92. The lowest BCUT2D eigenvalue weighted by atomic mass is 9.83. The molecule has 3 aliphatic heterocycles. The number of carboxylic acid groups (broad SMARTS) is 1. The fraction of sp³-hybridized carbons (Fsp3) is 0.635. The number of pyridine rings is 1. The maximum Gasteiger partial charge on any atom is 0.408 e. The van der Waals surface area contributed by atoms with Crippen LogP contribution in [0.15, 0.2) is 36.5 Å². The standard InChI is InChI=1S/C42H53FN6O6.C10H19FN2O2/c1-24-36(45-49-21-28(16-35(54-5)37(24)49)40(52)47-22-30(43)17-31(23-47)44-41(53)55-42(2,3)4)34-15-27-7-6-8-33(38(27)48(34)18-25-9-10-25)29-19-46(20-29)39(51)26-11-13-32(50)14-12-26;1-10(2,3)13(9(14)15)8-4-7(11)5-12-6-8/h6-8,15-16,21,25-26,29-32,50H,9-14,17-20,22-23H2,1-5H3,(H,44,53);7-8,12H,4-6H2,1-3H3,(H,14,15)/t26?,30-,31-,32?;7-,8-/m11/s1. The lowest BCUT2D eigenvalue weighted by molar-refractivity contribution is -0.141. The zero-order chi connectivity index (χ0) is 50.4. The normalized spacial score (nSPS) is 24.4. The lowest BCUT2D eigenvalue weighted by Crippen LogP contribution is -2.57. The van der Waals surface area contributed by atoms with Crippen LogP contribution in [0.25, 0.3) is 27.8 Å². The van der Waals surface area contributed by atoms with E-state index in [2.05, 4.69) is 39.5 Å². The summed E-state index contributed by atoms with van der Waals surface area (Å²) in [5.41, 5.74) is 4.98. The molecule has 4 N–H and O–H groups in total. The first kappa shape index (κ1) is 50.9. The Labute approximate surface area is 409 Å². The van der Waals surface area contributed by atoms with E-state index in [0.717, 1.165) is 47.2 Å². The Morgan fingerprint density at radius 2 is 1.61 bits per heavy atom. The first-order chi connectivity index (χ1) is 33.1. The monoisotopic (exact) mass is 975 g/mol. The van der Waals surface area contributed by atoms with E-state index in [1.165, 1.54) is 33.7 Å². The number of alkyl halides is 2. The Morgan fingerprint density at radius 3 is 2.24 bits per heavy atom. The summed E-state index contributed by atoms with van der Waals surface area (Å²) >= 11 is 0. The minimum atomic E-state index is -1.31. The molecule has 6 heterocycles. The number of aryl methyl sites for hydroxylation is 1. The first-order valence-corrected chi connectivity index (χ1v) is 25.0. The molecule has 1 aromatic carbocycles. The molecule has 70 heavy (non-hydrogen) atoms. The molecule has 3 aromatic heterocycles. The number of aliphatic hydroxyl groups excluding tert-OH is 1. The zero-order valence-electron chi connectivity index (χ0n) is 42.0. The molecule has 0 spiro atoms. The molecule has 16 nitrogen and oxygen atoms in total. The van der Waals surface area contributed by atoms with Crippen LogP contribution in [0.3, 0.4) is 0 Å². The van der Waals surface area contributed by atoms with Gasteiger partial charge in [-0.15, -0.1) is 0 Å². The molecule has 0 bridgehead atoms. The predicted molar refractivity (Wildman–Crippen MR) is 262 cm³/mol. The van der Waals surface area contributed by atoms with Crippen molar-refractivity contribution in [3.8, 4) is 17.1 Å². The number of amides is 4. The molecule has 0 radical (unpaired) electrons. The van der Waals surface area contributed by atoms with Crippen molar-refractivity contribution in [1.29, 1.82) is 0 Å². The molecule has 0 unspecified atom stereocenters. The van der Waals surface area contributed by atoms with Crippen LogP contribution in [0, 0.1) is 18.8 Å². The molecule has 2 saturated carbocycles. The largest absolute Gasteiger partial charge is 0.494 e. The quantitative estimate of drug-likeness (QED) is 0.130. The number of hydrogen-bond acceptors (Lipinski definition) is 9. The number of aromatic nitrogens is 3.